The first kappa shape index (κ1) is 18.2. The molecule has 0 aliphatic heterocycles. The summed E-state index contributed by atoms with van der Waals surface area (Å²) >= 11 is 0. The molecular weight excluding hydrogens is 262 g/mol. The number of nitrogens with one attached hydrogen (secondary N) is 1. The van der Waals surface area contributed by atoms with E-state index in [4.69, 9.17) is 9.84 Å². The molecule has 1 rings (SSSR count). The summed E-state index contributed by atoms with van der Waals surface area (Å²) in [4.78, 5) is 0. The lowest BCUT2D eigenvalue weighted by Crippen LogP contribution is -2.28. The molecule has 0 spiro atoms. The average Bonchev–Trinajstić information content (AvgIpc) is 2.90. The first-order valence-corrected chi connectivity index (χ1v) is 8.30. The summed E-state index contributed by atoms with van der Waals surface area (Å²) in [7, 11) is 1.74. The minimum atomic E-state index is 0.488. The molecule has 0 aromatic carbocycles. The van der Waals surface area contributed by atoms with E-state index in [0.717, 1.165) is 38.5 Å². The van der Waals surface area contributed by atoms with E-state index in [-0.39, 0.29) is 0 Å². The first-order valence-electron chi connectivity index (χ1n) is 8.30. The molecule has 0 bridgehead atoms. The van der Waals surface area contributed by atoms with Gasteiger partial charge in [-0.15, -0.1) is 0 Å². The number of ether oxygens (including phenoxy) is 1. The van der Waals surface area contributed by atoms with E-state index in [1.807, 2.05) is 0 Å². The Hall–Kier alpha value is -0.870. The molecular formula is C17H33N3O. The molecule has 0 amide bonds. The third-order valence-corrected chi connectivity index (χ3v) is 3.92. The van der Waals surface area contributed by atoms with E-state index in [0.29, 0.717) is 12.0 Å². The number of aromatic nitrogens is 2. The van der Waals surface area contributed by atoms with Crippen molar-refractivity contribution in [2.24, 2.45) is 11.8 Å². The van der Waals surface area contributed by atoms with Gasteiger partial charge in [0.15, 0.2) is 0 Å². The molecule has 4 nitrogen and oxygen atoms in total. The van der Waals surface area contributed by atoms with Crippen molar-refractivity contribution in [2.45, 2.75) is 53.0 Å². The van der Waals surface area contributed by atoms with Crippen LogP contribution < -0.4 is 5.32 Å². The number of hydrogen-bond donors (Lipinski definition) is 1. The second kappa shape index (κ2) is 9.96. The Labute approximate surface area is 130 Å². The molecule has 0 radical (unpaired) electrons. The lowest BCUT2D eigenvalue weighted by atomic mass is 9.93. The number of rotatable bonds is 11. The van der Waals surface area contributed by atoms with Gasteiger partial charge in [-0.1, -0.05) is 20.8 Å². The Morgan fingerprint density at radius 2 is 2.10 bits per heavy atom. The highest BCUT2D eigenvalue weighted by molar-refractivity contribution is 5.01. The van der Waals surface area contributed by atoms with Crippen LogP contribution in [-0.2, 0) is 11.2 Å². The Kier molecular flexibility index (Phi) is 8.62. The van der Waals surface area contributed by atoms with E-state index in [1.165, 1.54) is 12.1 Å². The molecule has 0 saturated heterocycles. The topological polar surface area (TPSA) is 39.1 Å². The summed E-state index contributed by atoms with van der Waals surface area (Å²) in [6, 6.07) is 2.66. The van der Waals surface area contributed by atoms with Gasteiger partial charge in [0.05, 0.1) is 12.3 Å². The van der Waals surface area contributed by atoms with Crippen LogP contribution in [0.3, 0.4) is 0 Å². The summed E-state index contributed by atoms with van der Waals surface area (Å²) in [6.45, 7) is 11.7. The summed E-state index contributed by atoms with van der Waals surface area (Å²) in [5, 5.41) is 8.23. The van der Waals surface area contributed by atoms with Gasteiger partial charge in [0.25, 0.3) is 0 Å². The minimum Gasteiger partial charge on any atom is -0.383 e. The molecule has 21 heavy (non-hydrogen) atoms. The van der Waals surface area contributed by atoms with Crippen molar-refractivity contribution in [1.82, 2.24) is 15.1 Å². The molecule has 4 heteroatoms. The van der Waals surface area contributed by atoms with Crippen LogP contribution in [0.5, 0.6) is 0 Å². The van der Waals surface area contributed by atoms with Gasteiger partial charge in [-0.05, 0) is 50.6 Å². The van der Waals surface area contributed by atoms with Crippen LogP contribution in [0.4, 0.5) is 0 Å². The predicted molar refractivity (Wildman–Crippen MR) is 88.6 cm³/mol. The van der Waals surface area contributed by atoms with Crippen molar-refractivity contribution in [2.75, 3.05) is 26.8 Å². The first-order chi connectivity index (χ1) is 10.1. The van der Waals surface area contributed by atoms with Crippen molar-refractivity contribution < 1.29 is 4.74 Å². The molecule has 2 unspecified atom stereocenters. The summed E-state index contributed by atoms with van der Waals surface area (Å²) in [6.07, 6.45) is 5.53. The number of methoxy groups -OCH3 is 1. The Balaban J connectivity index is 2.52. The van der Waals surface area contributed by atoms with Crippen LogP contribution in [0.1, 0.15) is 52.3 Å². The van der Waals surface area contributed by atoms with Crippen LogP contribution in [-0.4, -0.2) is 36.6 Å². The monoisotopic (exact) mass is 295 g/mol. The molecule has 0 saturated carbocycles. The third kappa shape index (κ3) is 7.09. The largest absolute Gasteiger partial charge is 0.383 e. The van der Waals surface area contributed by atoms with Crippen molar-refractivity contribution in [3.8, 4) is 0 Å². The third-order valence-electron chi connectivity index (χ3n) is 3.92. The Morgan fingerprint density at radius 1 is 1.33 bits per heavy atom. The maximum absolute atomic E-state index is 5.09. The van der Waals surface area contributed by atoms with E-state index in [1.54, 1.807) is 7.11 Å². The standard InChI is InChI=1S/C17H33N3O/c1-6-15(4)20-9-7-17(19-20)12-16(11-14(2)3)13-18-8-10-21-5/h7,9,14-16,18H,6,8,10-13H2,1-5H3. The summed E-state index contributed by atoms with van der Waals surface area (Å²) < 4.78 is 7.18. The maximum atomic E-state index is 5.09. The van der Waals surface area contributed by atoms with E-state index in [9.17, 15) is 0 Å². The lowest BCUT2D eigenvalue weighted by molar-refractivity contribution is 0.197. The fourth-order valence-electron chi connectivity index (χ4n) is 2.60. The highest BCUT2D eigenvalue weighted by Crippen LogP contribution is 2.17. The predicted octanol–water partition coefficient (Wildman–Crippen LogP) is 3.29. The fourth-order valence-corrected chi connectivity index (χ4v) is 2.60. The molecule has 1 aromatic rings. The molecule has 122 valence electrons. The lowest BCUT2D eigenvalue weighted by Gasteiger charge is -2.19. The van der Waals surface area contributed by atoms with E-state index < -0.39 is 0 Å². The van der Waals surface area contributed by atoms with Gasteiger partial charge in [0.1, 0.15) is 0 Å². The highest BCUT2D eigenvalue weighted by Gasteiger charge is 2.14. The minimum absolute atomic E-state index is 0.488. The number of hydrogen-bond acceptors (Lipinski definition) is 3. The molecule has 0 fully saturated rings. The highest BCUT2D eigenvalue weighted by atomic mass is 16.5. The molecule has 1 heterocycles. The van der Waals surface area contributed by atoms with Crippen LogP contribution in [0, 0.1) is 11.8 Å². The van der Waals surface area contributed by atoms with Crippen molar-refractivity contribution in [3.05, 3.63) is 18.0 Å². The van der Waals surface area contributed by atoms with Crippen LogP contribution >= 0.6 is 0 Å². The van der Waals surface area contributed by atoms with E-state index >= 15 is 0 Å². The Bertz CT molecular complexity index is 376. The smallest absolute Gasteiger partial charge is 0.0627 e. The zero-order chi connectivity index (χ0) is 15.7. The van der Waals surface area contributed by atoms with Crippen LogP contribution in [0.2, 0.25) is 0 Å². The van der Waals surface area contributed by atoms with Gasteiger partial charge in [0.2, 0.25) is 0 Å². The normalized spacial score (nSPS) is 14.6. The second-order valence-corrected chi connectivity index (χ2v) is 6.44. The molecule has 1 N–H and O–H groups in total. The van der Waals surface area contributed by atoms with Crippen molar-refractivity contribution in [3.63, 3.8) is 0 Å². The number of nitrogens with zero attached hydrogens (tertiary/aromatic N) is 2. The summed E-state index contributed by atoms with van der Waals surface area (Å²) in [5.41, 5.74) is 1.22. The van der Waals surface area contributed by atoms with Crippen LogP contribution in [0.15, 0.2) is 12.3 Å². The fraction of sp³-hybridized carbons (Fsp3) is 0.824. The molecule has 0 aliphatic rings. The zero-order valence-corrected chi connectivity index (χ0v) is 14.4. The van der Waals surface area contributed by atoms with Gasteiger partial charge in [-0.2, -0.15) is 5.10 Å². The SMILES string of the molecule is CCC(C)n1ccc(CC(CNCCOC)CC(C)C)n1. The molecule has 0 aliphatic carbocycles. The van der Waals surface area contributed by atoms with Gasteiger partial charge in [0, 0.05) is 25.9 Å². The van der Waals surface area contributed by atoms with Crippen molar-refractivity contribution in [1.29, 1.82) is 0 Å². The second-order valence-electron chi connectivity index (χ2n) is 6.44. The van der Waals surface area contributed by atoms with Gasteiger partial charge in [-0.3, -0.25) is 4.68 Å². The van der Waals surface area contributed by atoms with Gasteiger partial charge < -0.3 is 10.1 Å². The quantitative estimate of drug-likeness (QED) is 0.637. The van der Waals surface area contributed by atoms with Crippen molar-refractivity contribution >= 4 is 0 Å². The van der Waals surface area contributed by atoms with Gasteiger partial charge >= 0.3 is 0 Å². The Morgan fingerprint density at radius 3 is 2.71 bits per heavy atom. The average molecular weight is 295 g/mol. The molecule has 2 atom stereocenters. The zero-order valence-electron chi connectivity index (χ0n) is 14.4. The van der Waals surface area contributed by atoms with E-state index in [2.05, 4.69) is 50.0 Å². The van der Waals surface area contributed by atoms with Gasteiger partial charge in [-0.25, -0.2) is 0 Å². The van der Waals surface area contributed by atoms with Crippen LogP contribution in [0.25, 0.3) is 0 Å². The molecule has 1 aromatic heterocycles. The maximum Gasteiger partial charge on any atom is 0.0627 e. The summed E-state index contributed by atoms with van der Waals surface area (Å²) in [5.74, 6) is 1.36.